The molecule has 19 aromatic carbocycles. The van der Waals surface area contributed by atoms with Gasteiger partial charge in [-0.1, -0.05) is 382 Å². The minimum Gasteiger partial charge on any atom is -0.435 e. The molecule has 0 aliphatic rings. The zero-order chi connectivity index (χ0) is 79.4. The van der Waals surface area contributed by atoms with Gasteiger partial charge < -0.3 is 4.42 Å². The Morgan fingerprint density at radius 2 is 0.475 bits per heavy atom. The van der Waals surface area contributed by atoms with Crippen molar-refractivity contribution in [3.63, 3.8) is 0 Å². The average Bonchev–Trinajstić information content (AvgIpc) is 1.73. The summed E-state index contributed by atoms with van der Waals surface area (Å²) in [5.41, 5.74) is 31.5. The van der Waals surface area contributed by atoms with Crippen LogP contribution in [0.4, 0.5) is 0 Å². The van der Waals surface area contributed by atoms with Crippen LogP contribution in [0.15, 0.2) is 447 Å². The van der Waals surface area contributed by atoms with Crippen molar-refractivity contribution in [2.24, 2.45) is 0 Å². The maximum absolute atomic E-state index is 6.64. The fourth-order valence-electron chi connectivity index (χ4n) is 17.5. The van der Waals surface area contributed by atoms with Gasteiger partial charge in [0.15, 0.2) is 5.58 Å². The first-order valence-corrected chi connectivity index (χ1v) is 40.8. The van der Waals surface area contributed by atoms with Crippen LogP contribution in [0.3, 0.4) is 0 Å². The van der Waals surface area contributed by atoms with Crippen molar-refractivity contribution in [1.82, 2.24) is 24.5 Å². The van der Waals surface area contributed by atoms with E-state index in [-0.39, 0.29) is 0 Å². The maximum atomic E-state index is 6.64. The van der Waals surface area contributed by atoms with E-state index in [0.717, 1.165) is 144 Å². The van der Waals surface area contributed by atoms with Crippen molar-refractivity contribution in [2.75, 3.05) is 0 Å². The molecule has 0 aliphatic heterocycles. The molecule has 6 nitrogen and oxygen atoms in total. The van der Waals surface area contributed by atoms with Crippen LogP contribution in [0.1, 0.15) is 0 Å². The van der Waals surface area contributed by atoms with E-state index < -0.39 is 0 Å². The number of nitrogens with zero attached hydrogens (tertiary/aromatic N) is 5. The van der Waals surface area contributed by atoms with Crippen LogP contribution in [0.2, 0.25) is 0 Å². The van der Waals surface area contributed by atoms with E-state index in [1.54, 1.807) is 0 Å². The highest BCUT2D eigenvalue weighted by Gasteiger charge is 2.23. The van der Waals surface area contributed by atoms with Crippen LogP contribution < -0.4 is 0 Å². The van der Waals surface area contributed by atoms with Gasteiger partial charge in [0.2, 0.25) is 5.89 Å². The molecule has 0 saturated heterocycles. The van der Waals surface area contributed by atoms with Gasteiger partial charge in [0.25, 0.3) is 0 Å². The monoisotopic (exact) mass is 1530 g/mol. The third-order valence-electron chi connectivity index (χ3n) is 23.6. The zero-order valence-electron chi connectivity index (χ0n) is 65.3. The van der Waals surface area contributed by atoms with Crippen molar-refractivity contribution >= 4 is 87.0 Å². The number of benzene rings is 19. The van der Waals surface area contributed by atoms with Gasteiger partial charge in [-0.15, -0.1) is 0 Å². The fraction of sp³-hybridized carbons (Fsp3) is 0. The van der Waals surface area contributed by atoms with Gasteiger partial charge in [-0.25, -0.2) is 19.9 Å². The Balaban J connectivity index is 0.000000144. The van der Waals surface area contributed by atoms with E-state index in [9.17, 15) is 0 Å². The highest BCUT2D eigenvalue weighted by molar-refractivity contribution is 6.23. The summed E-state index contributed by atoms with van der Waals surface area (Å²) in [7, 11) is 0. The zero-order valence-corrected chi connectivity index (χ0v) is 65.3. The predicted octanol–water partition coefficient (Wildman–Crippen LogP) is 30.6. The van der Waals surface area contributed by atoms with E-state index in [4.69, 9.17) is 24.4 Å². The molecule has 4 heterocycles. The molecule has 6 heteroatoms. The number of imidazole rings is 1. The van der Waals surface area contributed by atoms with Crippen LogP contribution in [0, 0.1) is 0 Å². The Bertz CT molecular complexity index is 7720. The van der Waals surface area contributed by atoms with Gasteiger partial charge in [0, 0.05) is 60.3 Å². The van der Waals surface area contributed by atoms with E-state index in [1.807, 2.05) is 0 Å². The summed E-state index contributed by atoms with van der Waals surface area (Å²) >= 11 is 0. The second kappa shape index (κ2) is 30.3. The molecular weight excluding hydrogens is 1460 g/mol. The Morgan fingerprint density at radius 3 is 0.892 bits per heavy atom. The fourth-order valence-corrected chi connectivity index (χ4v) is 17.5. The molecule has 4 aromatic heterocycles. The summed E-state index contributed by atoms with van der Waals surface area (Å²) in [6.45, 7) is 0. The molecule has 120 heavy (non-hydrogen) atoms. The molecule has 23 aromatic rings. The SMILES string of the molecule is c1ccc(-c2ccc(-c3cc(-c4ccc(-c5nc6c7ccccc7c7ccccc7c6o5)cc4)c4cc(-c5ccc(-c6ccccc6)cc5)c5ccccc5c4n3)cc2)cc1.c1ccc(-c2ccc(-c3cc(-c4ccc(-c5nc6ccccc6n5-c5ccccc5)cc4)c4cc(-c5ccc(-c6ccccc6)cc5)c5ccccc5c4n3)cc2)cc1. The summed E-state index contributed by atoms with van der Waals surface area (Å²) in [6, 6.07) is 157. The first-order valence-electron chi connectivity index (χ1n) is 40.8. The number of pyridine rings is 2. The molecule has 0 fully saturated rings. The highest BCUT2D eigenvalue weighted by Crippen LogP contribution is 2.46. The van der Waals surface area contributed by atoms with Crippen LogP contribution in [0.25, 0.3) is 227 Å². The van der Waals surface area contributed by atoms with Crippen molar-refractivity contribution in [3.05, 3.63) is 443 Å². The largest absolute Gasteiger partial charge is 0.435 e. The number of hydrogen-bond acceptors (Lipinski definition) is 5. The second-order valence-electron chi connectivity index (χ2n) is 30.7. The van der Waals surface area contributed by atoms with E-state index in [2.05, 4.69) is 447 Å². The number of aromatic nitrogens is 5. The maximum Gasteiger partial charge on any atom is 0.227 e. The summed E-state index contributed by atoms with van der Waals surface area (Å²) in [5, 5.41) is 11.3. The molecule has 23 rings (SSSR count). The second-order valence-corrected chi connectivity index (χ2v) is 30.7. The molecule has 0 aliphatic carbocycles. The lowest BCUT2D eigenvalue weighted by Gasteiger charge is -2.16. The molecule has 0 bridgehead atoms. The van der Waals surface area contributed by atoms with E-state index in [1.165, 1.54) is 77.4 Å². The van der Waals surface area contributed by atoms with Gasteiger partial charge in [-0.3, -0.25) is 4.57 Å². The van der Waals surface area contributed by atoms with E-state index >= 15 is 0 Å². The minimum absolute atomic E-state index is 0.606. The molecule has 0 unspecified atom stereocenters. The normalized spacial score (nSPS) is 11.5. The van der Waals surface area contributed by atoms with Crippen molar-refractivity contribution in [1.29, 1.82) is 0 Å². The van der Waals surface area contributed by atoms with Gasteiger partial charge >= 0.3 is 0 Å². The predicted molar refractivity (Wildman–Crippen MR) is 501 cm³/mol. The number of hydrogen-bond donors (Lipinski definition) is 0. The minimum atomic E-state index is 0.606. The third-order valence-corrected chi connectivity index (χ3v) is 23.6. The lowest BCUT2D eigenvalue weighted by molar-refractivity contribution is 0.623. The molecular formula is C114H73N5O. The van der Waals surface area contributed by atoms with Gasteiger partial charge in [-0.2, -0.15) is 0 Å². The Kier molecular flexibility index (Phi) is 17.8. The van der Waals surface area contributed by atoms with E-state index in [0.29, 0.717) is 5.89 Å². The Morgan fingerprint density at radius 1 is 0.183 bits per heavy atom. The van der Waals surface area contributed by atoms with Crippen molar-refractivity contribution in [3.8, 4) is 140 Å². The highest BCUT2D eigenvalue weighted by atomic mass is 16.3. The van der Waals surface area contributed by atoms with Crippen LogP contribution in [0.5, 0.6) is 0 Å². The summed E-state index contributed by atoms with van der Waals surface area (Å²) < 4.78 is 8.89. The quantitative estimate of drug-likeness (QED) is 0.108. The summed E-state index contributed by atoms with van der Waals surface area (Å²) in [5.74, 6) is 1.52. The first kappa shape index (κ1) is 70.6. The number of para-hydroxylation sites is 3. The lowest BCUT2D eigenvalue weighted by atomic mass is 9.90. The Hall–Kier alpha value is -16.0. The van der Waals surface area contributed by atoms with Crippen LogP contribution in [-0.4, -0.2) is 24.5 Å². The standard InChI is InChI=1S/C58H36N2O.C56H37N3/c1-3-13-37(14-4-1)39-23-27-41(28-24-39)51-35-53-52(36-54(59-55(53)48-20-10-8-19-47(48)51)43-31-25-40(26-32-43)38-15-5-2-6-16-38)42-29-33-44(34-30-42)58-60-56-49-21-11-7-17-45(49)46-18-9-12-22-50(46)57(56)61-58;1-4-14-38(15-5-1)40-24-28-42(29-25-40)49-36-51-50(43-30-34-45(35-31-43)56-58-52-22-12-13-23-54(52)59(56)46-18-8-3-9-19-46)37-53(57-55(51)48-21-11-10-20-47(48)49)44-32-26-41(27-33-44)39-16-6-2-7-17-39/h1-36H;1-37H. The summed E-state index contributed by atoms with van der Waals surface area (Å²) in [4.78, 5) is 21.2. The smallest absolute Gasteiger partial charge is 0.227 e. The first-order chi connectivity index (χ1) is 59.5. The van der Waals surface area contributed by atoms with Crippen molar-refractivity contribution in [2.45, 2.75) is 0 Å². The average molecular weight is 1530 g/mol. The molecule has 0 amide bonds. The van der Waals surface area contributed by atoms with Crippen LogP contribution in [-0.2, 0) is 0 Å². The van der Waals surface area contributed by atoms with Gasteiger partial charge in [-0.05, 0) is 171 Å². The number of oxazole rings is 1. The number of fused-ring (bicyclic) bond motifs is 13. The van der Waals surface area contributed by atoms with Crippen LogP contribution >= 0.6 is 0 Å². The Labute approximate surface area is 694 Å². The molecule has 560 valence electrons. The molecule has 0 spiro atoms. The molecule has 0 atom stereocenters. The van der Waals surface area contributed by atoms with Gasteiger partial charge in [0.1, 0.15) is 11.3 Å². The molecule has 0 saturated carbocycles. The third kappa shape index (κ3) is 13.0. The van der Waals surface area contributed by atoms with Crippen molar-refractivity contribution < 1.29 is 4.42 Å². The number of rotatable bonds is 13. The van der Waals surface area contributed by atoms with Gasteiger partial charge in [0.05, 0.1) is 33.5 Å². The summed E-state index contributed by atoms with van der Waals surface area (Å²) in [6.07, 6.45) is 0. The topological polar surface area (TPSA) is 69.6 Å². The molecule has 0 radical (unpaired) electrons. The molecule has 0 N–H and O–H groups in total. The lowest BCUT2D eigenvalue weighted by Crippen LogP contribution is -1.97.